The van der Waals surface area contributed by atoms with Crippen LogP contribution < -0.4 is 15.6 Å². The molecule has 1 aromatic carbocycles. The van der Waals surface area contributed by atoms with Gasteiger partial charge in [-0.15, -0.1) is 0 Å². The summed E-state index contributed by atoms with van der Waals surface area (Å²) in [5, 5.41) is 4.09. The molecule has 1 aliphatic heterocycles. The number of aromatic nitrogens is 1. The molecule has 0 atom stereocenters. The summed E-state index contributed by atoms with van der Waals surface area (Å²) in [6, 6.07) is 8.82. The van der Waals surface area contributed by atoms with E-state index in [2.05, 4.69) is 5.32 Å². The summed E-state index contributed by atoms with van der Waals surface area (Å²) in [6.07, 6.45) is 0. The maximum atomic E-state index is 12.5. The summed E-state index contributed by atoms with van der Waals surface area (Å²) in [5.41, 5.74) is 0.474. The maximum absolute atomic E-state index is 12.5. The summed E-state index contributed by atoms with van der Waals surface area (Å²) >= 11 is 0. The minimum absolute atomic E-state index is 0.0382. The number of para-hydroxylation sites is 1. The first-order chi connectivity index (χ1) is 10.7. The van der Waals surface area contributed by atoms with E-state index in [9.17, 15) is 9.59 Å². The molecule has 1 amide bonds. The van der Waals surface area contributed by atoms with Crippen molar-refractivity contribution in [2.75, 3.05) is 33.3 Å². The Hall–Kier alpha value is -2.34. The Balaban J connectivity index is 2.00. The number of methoxy groups -OCH3 is 1. The van der Waals surface area contributed by atoms with Crippen LogP contribution in [0.2, 0.25) is 0 Å². The van der Waals surface area contributed by atoms with Crippen molar-refractivity contribution >= 4 is 16.8 Å². The molecular weight excluding hydrogens is 282 g/mol. The Labute approximate surface area is 128 Å². The second kappa shape index (κ2) is 6.19. The fraction of sp³-hybridized carbons (Fsp3) is 0.375. The zero-order valence-electron chi connectivity index (χ0n) is 12.5. The second-order valence-electron chi connectivity index (χ2n) is 5.29. The van der Waals surface area contributed by atoms with Crippen LogP contribution in [0, 0.1) is 0 Å². The summed E-state index contributed by atoms with van der Waals surface area (Å²) in [4.78, 5) is 26.5. The average molecular weight is 301 g/mol. The van der Waals surface area contributed by atoms with Gasteiger partial charge >= 0.3 is 0 Å². The molecule has 0 radical (unpaired) electrons. The highest BCUT2D eigenvalue weighted by molar-refractivity contribution is 5.86. The Kier molecular flexibility index (Phi) is 4.11. The normalized spacial score (nSPS) is 15.0. The summed E-state index contributed by atoms with van der Waals surface area (Å²) < 4.78 is 6.85. The number of hydrogen-bond donors (Lipinski definition) is 1. The highest BCUT2D eigenvalue weighted by Gasteiger charge is 2.18. The number of nitrogens with one attached hydrogen (secondary N) is 1. The van der Waals surface area contributed by atoms with Gasteiger partial charge in [-0.25, -0.2) is 0 Å². The van der Waals surface area contributed by atoms with Crippen LogP contribution in [0.4, 0.5) is 0 Å². The molecule has 0 bridgehead atoms. The molecule has 1 saturated heterocycles. The minimum Gasteiger partial charge on any atom is -0.495 e. The van der Waals surface area contributed by atoms with Crippen LogP contribution in [-0.2, 0) is 11.3 Å². The number of nitrogens with zero attached hydrogens (tertiary/aromatic N) is 2. The Morgan fingerprint density at radius 2 is 2.00 bits per heavy atom. The van der Waals surface area contributed by atoms with E-state index in [1.54, 1.807) is 24.1 Å². The van der Waals surface area contributed by atoms with Crippen molar-refractivity contribution in [1.29, 1.82) is 0 Å². The van der Waals surface area contributed by atoms with Crippen molar-refractivity contribution in [3.8, 4) is 5.75 Å². The predicted molar refractivity (Wildman–Crippen MR) is 84.2 cm³/mol. The van der Waals surface area contributed by atoms with Crippen molar-refractivity contribution in [3.05, 3.63) is 40.7 Å². The number of carbonyl (C=O) groups is 1. The van der Waals surface area contributed by atoms with E-state index >= 15 is 0 Å². The molecule has 0 saturated carbocycles. The molecule has 116 valence electrons. The Morgan fingerprint density at radius 3 is 2.73 bits per heavy atom. The second-order valence-corrected chi connectivity index (χ2v) is 5.29. The lowest BCUT2D eigenvalue weighted by Gasteiger charge is -2.28. The van der Waals surface area contributed by atoms with Gasteiger partial charge in [-0.05, 0) is 12.1 Å². The molecule has 0 spiro atoms. The van der Waals surface area contributed by atoms with E-state index in [0.29, 0.717) is 24.4 Å². The van der Waals surface area contributed by atoms with Gasteiger partial charge in [-0.2, -0.15) is 0 Å². The quantitative estimate of drug-likeness (QED) is 0.893. The molecule has 2 aromatic rings. The number of carbonyl (C=O) groups excluding carboxylic acids is 1. The molecule has 22 heavy (non-hydrogen) atoms. The third-order valence-electron chi connectivity index (χ3n) is 3.95. The molecule has 1 aromatic heterocycles. The van der Waals surface area contributed by atoms with Gasteiger partial charge in [0.1, 0.15) is 12.3 Å². The number of benzene rings is 1. The van der Waals surface area contributed by atoms with Crippen LogP contribution in [0.3, 0.4) is 0 Å². The van der Waals surface area contributed by atoms with Crippen molar-refractivity contribution in [2.45, 2.75) is 6.54 Å². The van der Waals surface area contributed by atoms with Crippen LogP contribution in [0.1, 0.15) is 0 Å². The predicted octanol–water partition coefficient (Wildman–Crippen LogP) is 0.442. The first kappa shape index (κ1) is 14.6. The van der Waals surface area contributed by atoms with Gasteiger partial charge < -0.3 is 15.0 Å². The standard InChI is InChI=1S/C16H19N3O3/c1-22-13-4-2-3-12-5-6-14(20)19(16(12)13)11-15(21)18-9-7-17-8-10-18/h2-6,17H,7-11H2,1H3. The lowest BCUT2D eigenvalue weighted by molar-refractivity contribution is -0.132. The number of ether oxygens (including phenoxy) is 1. The minimum atomic E-state index is -0.194. The van der Waals surface area contributed by atoms with Gasteiger partial charge in [0.2, 0.25) is 5.91 Å². The van der Waals surface area contributed by atoms with Gasteiger partial charge in [0.15, 0.2) is 0 Å². The third-order valence-corrected chi connectivity index (χ3v) is 3.95. The lowest BCUT2D eigenvalue weighted by Crippen LogP contribution is -2.48. The zero-order chi connectivity index (χ0) is 15.5. The van der Waals surface area contributed by atoms with E-state index in [0.717, 1.165) is 18.5 Å². The van der Waals surface area contributed by atoms with Gasteiger partial charge in [0, 0.05) is 37.6 Å². The highest BCUT2D eigenvalue weighted by atomic mass is 16.5. The number of piperazine rings is 1. The molecule has 1 fully saturated rings. The maximum Gasteiger partial charge on any atom is 0.251 e. The topological polar surface area (TPSA) is 63.6 Å². The molecule has 2 heterocycles. The van der Waals surface area contributed by atoms with E-state index in [-0.39, 0.29) is 18.0 Å². The van der Waals surface area contributed by atoms with Crippen LogP contribution in [0.25, 0.3) is 10.9 Å². The SMILES string of the molecule is COc1cccc2ccc(=O)n(CC(=O)N3CCNCC3)c12. The molecule has 1 N–H and O–H groups in total. The Bertz CT molecular complexity index is 748. The monoisotopic (exact) mass is 301 g/mol. The van der Waals surface area contributed by atoms with E-state index in [1.807, 2.05) is 12.1 Å². The molecule has 0 unspecified atom stereocenters. The zero-order valence-corrected chi connectivity index (χ0v) is 12.5. The average Bonchev–Trinajstić information content (AvgIpc) is 2.57. The van der Waals surface area contributed by atoms with E-state index in [1.165, 1.54) is 10.6 Å². The summed E-state index contributed by atoms with van der Waals surface area (Å²) in [5.74, 6) is 0.560. The van der Waals surface area contributed by atoms with Crippen molar-refractivity contribution < 1.29 is 9.53 Å². The van der Waals surface area contributed by atoms with Crippen LogP contribution >= 0.6 is 0 Å². The number of hydrogen-bond acceptors (Lipinski definition) is 4. The highest BCUT2D eigenvalue weighted by Crippen LogP contribution is 2.23. The first-order valence-electron chi connectivity index (χ1n) is 7.36. The molecule has 6 nitrogen and oxygen atoms in total. The summed E-state index contributed by atoms with van der Waals surface area (Å²) in [6.45, 7) is 2.97. The molecular formula is C16H19N3O3. The van der Waals surface area contributed by atoms with Crippen molar-refractivity contribution in [3.63, 3.8) is 0 Å². The fourth-order valence-corrected chi connectivity index (χ4v) is 2.80. The largest absolute Gasteiger partial charge is 0.495 e. The molecule has 6 heteroatoms. The number of fused-ring (bicyclic) bond motifs is 1. The fourth-order valence-electron chi connectivity index (χ4n) is 2.80. The van der Waals surface area contributed by atoms with Crippen molar-refractivity contribution in [2.24, 2.45) is 0 Å². The van der Waals surface area contributed by atoms with Crippen LogP contribution in [0.15, 0.2) is 35.1 Å². The molecule has 3 rings (SSSR count). The third kappa shape index (κ3) is 2.69. The summed E-state index contributed by atoms with van der Waals surface area (Å²) in [7, 11) is 1.56. The Morgan fingerprint density at radius 1 is 1.23 bits per heavy atom. The smallest absolute Gasteiger partial charge is 0.251 e. The van der Waals surface area contributed by atoms with Crippen LogP contribution in [-0.4, -0.2) is 48.7 Å². The first-order valence-corrected chi connectivity index (χ1v) is 7.36. The van der Waals surface area contributed by atoms with E-state index < -0.39 is 0 Å². The van der Waals surface area contributed by atoms with E-state index in [4.69, 9.17) is 4.74 Å². The van der Waals surface area contributed by atoms with Gasteiger partial charge in [0.05, 0.1) is 12.6 Å². The van der Waals surface area contributed by atoms with Gasteiger partial charge in [-0.1, -0.05) is 12.1 Å². The number of amides is 1. The number of rotatable bonds is 3. The molecule has 0 aliphatic carbocycles. The van der Waals surface area contributed by atoms with Gasteiger partial charge in [-0.3, -0.25) is 14.2 Å². The lowest BCUT2D eigenvalue weighted by atomic mass is 10.2. The van der Waals surface area contributed by atoms with Crippen molar-refractivity contribution in [1.82, 2.24) is 14.8 Å². The van der Waals surface area contributed by atoms with Gasteiger partial charge in [0.25, 0.3) is 5.56 Å². The number of pyridine rings is 1. The molecule has 1 aliphatic rings. The van der Waals surface area contributed by atoms with Crippen LogP contribution in [0.5, 0.6) is 5.75 Å².